The molecule has 3 N–H and O–H groups in total. The van der Waals surface area contributed by atoms with E-state index in [-0.39, 0.29) is 18.5 Å². The van der Waals surface area contributed by atoms with E-state index in [1.165, 1.54) is 33.0 Å². The summed E-state index contributed by atoms with van der Waals surface area (Å²) in [6.07, 6.45) is -0.0895. The number of nitrogens with one attached hydrogen (secondary N) is 3. The Balaban J connectivity index is 1.06. The predicted octanol–water partition coefficient (Wildman–Crippen LogP) is 10.5. The van der Waals surface area contributed by atoms with Gasteiger partial charge in [-0.1, -0.05) is 140 Å². The monoisotopic (exact) mass is 646 g/mol. The highest BCUT2D eigenvalue weighted by molar-refractivity contribution is 6.12. The molecule has 1 fully saturated rings. The van der Waals surface area contributed by atoms with Crippen LogP contribution in [0.4, 0.5) is 0 Å². The van der Waals surface area contributed by atoms with Gasteiger partial charge in [0.2, 0.25) is 0 Å². The molecule has 50 heavy (non-hydrogen) atoms. The van der Waals surface area contributed by atoms with Crippen molar-refractivity contribution in [1.29, 1.82) is 0 Å². The average Bonchev–Trinajstić information content (AvgIpc) is 3.74. The van der Waals surface area contributed by atoms with Crippen molar-refractivity contribution in [2.24, 2.45) is 0 Å². The Kier molecular flexibility index (Phi) is 6.88. The lowest BCUT2D eigenvalue weighted by Crippen LogP contribution is -2.54. The van der Waals surface area contributed by atoms with E-state index in [2.05, 4.69) is 178 Å². The molecule has 7 aromatic carbocycles. The molecule has 0 bridgehead atoms. The lowest BCUT2D eigenvalue weighted by molar-refractivity contribution is 0.203. The SMILES string of the molecule is c1ccc(C2NC(c3ccccc3)NC(c3ccc(-n4c5ccccc5c5ccc(-c6cccc7c6oc6ccccc67)cc54)cc3)N2)cc1. The fourth-order valence-electron chi connectivity index (χ4n) is 7.72. The van der Waals surface area contributed by atoms with Crippen molar-refractivity contribution in [3.63, 3.8) is 0 Å². The van der Waals surface area contributed by atoms with Gasteiger partial charge in [-0.25, -0.2) is 0 Å². The van der Waals surface area contributed by atoms with Crippen LogP contribution in [0.1, 0.15) is 35.2 Å². The van der Waals surface area contributed by atoms with Crippen molar-refractivity contribution in [1.82, 2.24) is 20.5 Å². The zero-order valence-corrected chi connectivity index (χ0v) is 27.3. The largest absolute Gasteiger partial charge is 0.455 e. The van der Waals surface area contributed by atoms with Gasteiger partial charge >= 0.3 is 0 Å². The molecule has 240 valence electrons. The number of aromatic nitrogens is 1. The summed E-state index contributed by atoms with van der Waals surface area (Å²) in [5.74, 6) is 0. The molecule has 0 radical (unpaired) electrons. The number of benzene rings is 7. The smallest absolute Gasteiger partial charge is 0.143 e. The van der Waals surface area contributed by atoms with Crippen LogP contribution in [-0.4, -0.2) is 4.57 Å². The van der Waals surface area contributed by atoms with Crippen molar-refractivity contribution >= 4 is 43.7 Å². The van der Waals surface area contributed by atoms with Gasteiger partial charge in [-0.3, -0.25) is 16.0 Å². The van der Waals surface area contributed by atoms with Crippen LogP contribution < -0.4 is 16.0 Å². The van der Waals surface area contributed by atoms with E-state index in [0.717, 1.165) is 44.3 Å². The molecule has 2 atom stereocenters. The standard InChI is InChI=1S/C45H34N4O/c1-3-12-29(13-4-1)43-46-44(30-14-5-2-6-15-30)48-45(47-43)31-22-25-33(26-23-31)49-39-20-9-7-16-35(39)36-27-24-32(28-40(36)49)34-18-11-19-38-37-17-8-10-21-41(37)50-42(34)38/h1-28,43-48H. The minimum absolute atomic E-state index is 0.0145. The molecule has 2 unspecified atom stereocenters. The lowest BCUT2D eigenvalue weighted by Gasteiger charge is -2.39. The summed E-state index contributed by atoms with van der Waals surface area (Å²) < 4.78 is 8.83. The summed E-state index contributed by atoms with van der Waals surface area (Å²) in [5.41, 5.74) is 11.1. The third-order valence-corrected chi connectivity index (χ3v) is 10.1. The molecule has 2 aromatic heterocycles. The highest BCUT2D eigenvalue weighted by Gasteiger charge is 2.29. The predicted molar refractivity (Wildman–Crippen MR) is 204 cm³/mol. The molecule has 3 heterocycles. The van der Waals surface area contributed by atoms with Crippen molar-refractivity contribution < 1.29 is 4.42 Å². The van der Waals surface area contributed by atoms with Crippen LogP contribution in [0.25, 0.3) is 60.6 Å². The van der Waals surface area contributed by atoms with Crippen LogP contribution in [0.5, 0.6) is 0 Å². The minimum Gasteiger partial charge on any atom is -0.455 e. The van der Waals surface area contributed by atoms with Crippen molar-refractivity contribution in [2.45, 2.75) is 18.5 Å². The molecular weight excluding hydrogens is 613 g/mol. The van der Waals surface area contributed by atoms with Gasteiger partial charge in [0.25, 0.3) is 0 Å². The Morgan fingerprint density at radius 3 is 1.68 bits per heavy atom. The Morgan fingerprint density at radius 2 is 0.980 bits per heavy atom. The van der Waals surface area contributed by atoms with Crippen LogP contribution >= 0.6 is 0 Å². The van der Waals surface area contributed by atoms with Crippen LogP contribution in [0, 0.1) is 0 Å². The molecule has 9 aromatic rings. The topological polar surface area (TPSA) is 54.2 Å². The van der Waals surface area contributed by atoms with Gasteiger partial charge in [0.1, 0.15) is 11.2 Å². The lowest BCUT2D eigenvalue weighted by atomic mass is 10.0. The van der Waals surface area contributed by atoms with E-state index < -0.39 is 0 Å². The normalized spacial score (nSPS) is 18.0. The Bertz CT molecular complexity index is 2590. The van der Waals surface area contributed by atoms with Gasteiger partial charge < -0.3 is 8.98 Å². The second-order valence-electron chi connectivity index (χ2n) is 13.1. The maximum Gasteiger partial charge on any atom is 0.143 e. The molecule has 1 aliphatic heterocycles. The molecule has 5 heteroatoms. The molecule has 0 saturated carbocycles. The fourth-order valence-corrected chi connectivity index (χ4v) is 7.72. The minimum atomic E-state index is -0.0604. The third-order valence-electron chi connectivity index (χ3n) is 10.1. The number of fused-ring (bicyclic) bond motifs is 6. The zero-order chi connectivity index (χ0) is 33.0. The highest BCUT2D eigenvalue weighted by atomic mass is 16.3. The molecule has 0 amide bonds. The molecule has 1 saturated heterocycles. The molecule has 5 nitrogen and oxygen atoms in total. The molecule has 1 aliphatic rings. The first kappa shape index (κ1) is 29.0. The third kappa shape index (κ3) is 4.83. The van der Waals surface area contributed by atoms with E-state index >= 15 is 0 Å². The molecule has 10 rings (SSSR count). The van der Waals surface area contributed by atoms with E-state index in [9.17, 15) is 0 Å². The number of nitrogens with zero attached hydrogens (tertiary/aromatic N) is 1. The number of hydrogen-bond acceptors (Lipinski definition) is 4. The number of hydrogen-bond donors (Lipinski definition) is 3. The maximum absolute atomic E-state index is 6.44. The maximum atomic E-state index is 6.44. The molecule has 0 aliphatic carbocycles. The van der Waals surface area contributed by atoms with Gasteiger partial charge in [-0.15, -0.1) is 0 Å². The van der Waals surface area contributed by atoms with Crippen LogP contribution in [0.3, 0.4) is 0 Å². The second kappa shape index (κ2) is 11.9. The number of rotatable bonds is 5. The summed E-state index contributed by atoms with van der Waals surface area (Å²) in [6.45, 7) is 0. The van der Waals surface area contributed by atoms with Gasteiger partial charge in [0.15, 0.2) is 0 Å². The van der Waals surface area contributed by atoms with Crippen LogP contribution in [-0.2, 0) is 0 Å². The zero-order valence-electron chi connectivity index (χ0n) is 27.3. The van der Waals surface area contributed by atoms with Crippen molar-refractivity contribution in [2.75, 3.05) is 0 Å². The summed E-state index contributed by atoms with van der Waals surface area (Å²) in [6, 6.07) is 60.4. The molecule has 0 spiro atoms. The van der Waals surface area contributed by atoms with Gasteiger partial charge in [-0.05, 0) is 52.6 Å². The highest BCUT2D eigenvalue weighted by Crippen LogP contribution is 2.39. The summed E-state index contributed by atoms with van der Waals surface area (Å²) in [5, 5.41) is 16.1. The van der Waals surface area contributed by atoms with E-state index in [4.69, 9.17) is 4.42 Å². The first-order valence-corrected chi connectivity index (χ1v) is 17.2. The summed E-state index contributed by atoms with van der Waals surface area (Å²) >= 11 is 0. The van der Waals surface area contributed by atoms with Crippen LogP contribution in [0.2, 0.25) is 0 Å². The quantitative estimate of drug-likeness (QED) is 0.174. The Hall–Kier alpha value is -5.98. The van der Waals surface area contributed by atoms with Crippen molar-refractivity contribution in [3.8, 4) is 16.8 Å². The first-order chi connectivity index (χ1) is 24.8. The van der Waals surface area contributed by atoms with E-state index in [1.807, 2.05) is 12.1 Å². The average molecular weight is 647 g/mol. The number of para-hydroxylation sites is 3. The van der Waals surface area contributed by atoms with Gasteiger partial charge in [0.05, 0.1) is 29.5 Å². The summed E-state index contributed by atoms with van der Waals surface area (Å²) in [4.78, 5) is 0. The summed E-state index contributed by atoms with van der Waals surface area (Å²) in [7, 11) is 0. The van der Waals surface area contributed by atoms with Gasteiger partial charge in [-0.2, -0.15) is 0 Å². The first-order valence-electron chi connectivity index (χ1n) is 17.2. The number of furan rings is 1. The Morgan fingerprint density at radius 1 is 0.420 bits per heavy atom. The van der Waals surface area contributed by atoms with Crippen LogP contribution in [0.15, 0.2) is 174 Å². The van der Waals surface area contributed by atoms with E-state index in [0.29, 0.717) is 0 Å². The van der Waals surface area contributed by atoms with E-state index in [1.54, 1.807) is 0 Å². The fraction of sp³-hybridized carbons (Fsp3) is 0.0667. The molecular formula is C45H34N4O. The van der Waals surface area contributed by atoms with Crippen molar-refractivity contribution in [3.05, 3.63) is 187 Å². The van der Waals surface area contributed by atoms with Gasteiger partial charge in [0, 0.05) is 32.8 Å². The Labute approximate surface area is 289 Å². The second-order valence-corrected chi connectivity index (χ2v) is 13.1.